The Balaban J connectivity index is 1.66. The second-order valence-electron chi connectivity index (χ2n) is 4.48. The van der Waals surface area contributed by atoms with Crippen LogP contribution in [0.2, 0.25) is 0 Å². The normalized spacial score (nSPS) is 19.7. The summed E-state index contributed by atoms with van der Waals surface area (Å²) in [7, 11) is 1.68. The van der Waals surface area contributed by atoms with Crippen LogP contribution in [-0.2, 0) is 6.54 Å². The zero-order valence-electron chi connectivity index (χ0n) is 10.4. The summed E-state index contributed by atoms with van der Waals surface area (Å²) in [5, 5.41) is 5.59. The molecular weight excluding hydrogens is 266 g/mol. The molecule has 1 saturated heterocycles. The highest BCUT2D eigenvalue weighted by Crippen LogP contribution is 2.24. The number of hydrogen-bond acceptors (Lipinski definition) is 5. The number of aromatic nitrogens is 2. The Morgan fingerprint density at radius 2 is 2.56 bits per heavy atom. The van der Waals surface area contributed by atoms with Crippen molar-refractivity contribution in [3.05, 3.63) is 17.3 Å². The fourth-order valence-corrected chi connectivity index (χ4v) is 4.29. The van der Waals surface area contributed by atoms with Crippen molar-refractivity contribution in [2.24, 2.45) is 5.92 Å². The summed E-state index contributed by atoms with van der Waals surface area (Å²) in [4.78, 5) is 5.46. The van der Waals surface area contributed by atoms with Crippen LogP contribution in [0.3, 0.4) is 0 Å². The van der Waals surface area contributed by atoms with Crippen molar-refractivity contribution in [3.8, 4) is 5.88 Å². The van der Waals surface area contributed by atoms with E-state index in [1.165, 1.54) is 17.9 Å². The Labute approximate surface area is 115 Å². The number of imidazole rings is 1. The van der Waals surface area contributed by atoms with Crippen molar-refractivity contribution >= 4 is 28.1 Å². The average Bonchev–Trinajstić information content (AvgIpc) is 3.06. The first-order valence-corrected chi connectivity index (χ1v) is 8.19. The number of rotatable bonds is 5. The van der Waals surface area contributed by atoms with Crippen LogP contribution >= 0.6 is 23.1 Å². The minimum absolute atomic E-state index is 0.746. The van der Waals surface area contributed by atoms with Gasteiger partial charge in [-0.2, -0.15) is 16.7 Å². The van der Waals surface area contributed by atoms with Gasteiger partial charge >= 0.3 is 0 Å². The van der Waals surface area contributed by atoms with Crippen molar-refractivity contribution < 1.29 is 4.74 Å². The topological polar surface area (TPSA) is 38.6 Å². The fourth-order valence-electron chi connectivity index (χ4n) is 2.28. The van der Waals surface area contributed by atoms with Gasteiger partial charge in [0.1, 0.15) is 5.69 Å². The molecule has 1 N–H and O–H groups in total. The van der Waals surface area contributed by atoms with Crippen molar-refractivity contribution in [2.75, 3.05) is 25.2 Å². The van der Waals surface area contributed by atoms with Crippen LogP contribution in [0.15, 0.2) is 11.6 Å². The minimum Gasteiger partial charge on any atom is -0.480 e. The van der Waals surface area contributed by atoms with E-state index in [1.807, 2.05) is 0 Å². The molecule has 2 aromatic rings. The summed E-state index contributed by atoms with van der Waals surface area (Å²) in [6, 6.07) is 0. The van der Waals surface area contributed by atoms with Gasteiger partial charge in [0.2, 0.25) is 5.88 Å². The first-order valence-electron chi connectivity index (χ1n) is 6.15. The lowest BCUT2D eigenvalue weighted by atomic mass is 10.1. The van der Waals surface area contributed by atoms with E-state index in [-0.39, 0.29) is 0 Å². The van der Waals surface area contributed by atoms with Crippen LogP contribution in [-0.4, -0.2) is 34.5 Å². The first kappa shape index (κ1) is 12.3. The third-order valence-corrected chi connectivity index (χ3v) is 5.26. The number of ether oxygens (including phenoxy) is 1. The monoisotopic (exact) mass is 283 g/mol. The van der Waals surface area contributed by atoms with E-state index in [0.717, 1.165) is 35.5 Å². The summed E-state index contributed by atoms with van der Waals surface area (Å²) >= 11 is 3.70. The summed E-state index contributed by atoms with van der Waals surface area (Å²) in [6.45, 7) is 1.91. The highest BCUT2D eigenvalue weighted by atomic mass is 32.2. The molecule has 0 amide bonds. The van der Waals surface area contributed by atoms with Crippen molar-refractivity contribution in [1.29, 1.82) is 0 Å². The Kier molecular flexibility index (Phi) is 3.77. The SMILES string of the molecule is COc1nc2sccn2c1CNCC1CCSC1. The second kappa shape index (κ2) is 5.50. The van der Waals surface area contributed by atoms with Crippen molar-refractivity contribution in [3.63, 3.8) is 0 Å². The molecule has 0 saturated carbocycles. The molecule has 0 aliphatic carbocycles. The van der Waals surface area contributed by atoms with E-state index in [4.69, 9.17) is 4.74 Å². The van der Waals surface area contributed by atoms with Gasteiger partial charge in [-0.15, -0.1) is 11.3 Å². The highest BCUT2D eigenvalue weighted by molar-refractivity contribution is 7.99. The molecule has 0 spiro atoms. The third kappa shape index (κ3) is 2.37. The van der Waals surface area contributed by atoms with E-state index in [0.29, 0.717) is 0 Å². The lowest BCUT2D eigenvalue weighted by Gasteiger charge is -2.10. The first-order chi connectivity index (χ1) is 8.88. The number of nitrogens with zero attached hydrogens (tertiary/aromatic N) is 2. The predicted molar refractivity (Wildman–Crippen MR) is 76.8 cm³/mol. The lowest BCUT2D eigenvalue weighted by molar-refractivity contribution is 0.391. The van der Waals surface area contributed by atoms with Gasteiger partial charge in [0.25, 0.3) is 0 Å². The standard InChI is InChI=1S/C12H17N3OS2/c1-16-11-10(15-3-5-18-12(15)14-11)7-13-6-9-2-4-17-8-9/h3,5,9,13H,2,4,6-8H2,1H3. The smallest absolute Gasteiger partial charge is 0.237 e. The van der Waals surface area contributed by atoms with E-state index in [2.05, 4.69) is 38.0 Å². The van der Waals surface area contributed by atoms with Crippen molar-refractivity contribution in [2.45, 2.75) is 13.0 Å². The molecule has 1 aliphatic rings. The molecule has 4 nitrogen and oxygen atoms in total. The zero-order chi connectivity index (χ0) is 12.4. The molecule has 3 heterocycles. The quantitative estimate of drug-likeness (QED) is 0.913. The Morgan fingerprint density at radius 1 is 1.61 bits per heavy atom. The number of thiazole rings is 1. The molecule has 1 fully saturated rings. The van der Waals surface area contributed by atoms with Gasteiger partial charge in [-0.25, -0.2) is 0 Å². The molecule has 3 rings (SSSR count). The molecule has 1 aliphatic heterocycles. The van der Waals surface area contributed by atoms with Crippen LogP contribution in [0.25, 0.3) is 4.96 Å². The molecular formula is C12H17N3OS2. The van der Waals surface area contributed by atoms with Gasteiger partial charge in [-0.1, -0.05) is 0 Å². The van der Waals surface area contributed by atoms with E-state index < -0.39 is 0 Å². The third-order valence-electron chi connectivity index (χ3n) is 3.27. The molecule has 0 radical (unpaired) electrons. The Hall–Kier alpha value is -0.720. The maximum absolute atomic E-state index is 5.34. The maximum Gasteiger partial charge on any atom is 0.237 e. The number of nitrogens with one attached hydrogen (secondary N) is 1. The van der Waals surface area contributed by atoms with Gasteiger partial charge in [0.15, 0.2) is 4.96 Å². The van der Waals surface area contributed by atoms with E-state index in [1.54, 1.807) is 18.4 Å². The summed E-state index contributed by atoms with van der Waals surface area (Å²) in [6.07, 6.45) is 3.40. The van der Waals surface area contributed by atoms with E-state index in [9.17, 15) is 0 Å². The number of fused-ring (bicyclic) bond motifs is 1. The van der Waals surface area contributed by atoms with Gasteiger partial charge in [0, 0.05) is 18.1 Å². The number of methoxy groups -OCH3 is 1. The Bertz CT molecular complexity index is 516. The maximum atomic E-state index is 5.34. The molecule has 1 atom stereocenters. The lowest BCUT2D eigenvalue weighted by Crippen LogP contribution is -2.23. The Morgan fingerprint density at radius 3 is 3.33 bits per heavy atom. The van der Waals surface area contributed by atoms with Crippen LogP contribution in [0, 0.1) is 5.92 Å². The number of hydrogen-bond donors (Lipinski definition) is 1. The molecule has 18 heavy (non-hydrogen) atoms. The van der Waals surface area contributed by atoms with E-state index >= 15 is 0 Å². The van der Waals surface area contributed by atoms with Gasteiger partial charge in [0.05, 0.1) is 7.11 Å². The molecule has 98 valence electrons. The summed E-state index contributed by atoms with van der Waals surface area (Å²) in [5.41, 5.74) is 1.12. The number of thioether (sulfide) groups is 1. The molecule has 1 unspecified atom stereocenters. The largest absolute Gasteiger partial charge is 0.480 e. The van der Waals surface area contributed by atoms with Crippen LogP contribution < -0.4 is 10.1 Å². The summed E-state index contributed by atoms with van der Waals surface area (Å²) < 4.78 is 7.45. The molecule has 2 aromatic heterocycles. The zero-order valence-corrected chi connectivity index (χ0v) is 12.0. The summed E-state index contributed by atoms with van der Waals surface area (Å²) in [5.74, 6) is 4.18. The van der Waals surface area contributed by atoms with Crippen LogP contribution in [0.1, 0.15) is 12.1 Å². The predicted octanol–water partition coefficient (Wildman–Crippen LogP) is 2.25. The van der Waals surface area contributed by atoms with Gasteiger partial charge in [-0.05, 0) is 30.4 Å². The fraction of sp³-hybridized carbons (Fsp3) is 0.583. The molecule has 6 heteroatoms. The van der Waals surface area contributed by atoms with Gasteiger partial charge in [-0.3, -0.25) is 4.40 Å². The molecule has 0 bridgehead atoms. The highest BCUT2D eigenvalue weighted by Gasteiger charge is 2.17. The van der Waals surface area contributed by atoms with Crippen LogP contribution in [0.5, 0.6) is 5.88 Å². The average molecular weight is 283 g/mol. The molecule has 0 aromatic carbocycles. The van der Waals surface area contributed by atoms with Crippen LogP contribution in [0.4, 0.5) is 0 Å². The van der Waals surface area contributed by atoms with Gasteiger partial charge < -0.3 is 10.1 Å². The second-order valence-corrected chi connectivity index (χ2v) is 6.51. The minimum atomic E-state index is 0.746. The van der Waals surface area contributed by atoms with Crippen molar-refractivity contribution in [1.82, 2.24) is 14.7 Å².